The van der Waals surface area contributed by atoms with Crippen LogP contribution in [0.1, 0.15) is 39.9 Å². The van der Waals surface area contributed by atoms with E-state index in [1.54, 1.807) is 45.9 Å². The Hall–Kier alpha value is -2.14. The van der Waals surface area contributed by atoms with Crippen molar-refractivity contribution in [3.05, 3.63) is 58.3 Å². The second-order valence-corrected chi connectivity index (χ2v) is 5.72. The van der Waals surface area contributed by atoms with Crippen molar-refractivity contribution in [3.8, 4) is 0 Å². The van der Waals surface area contributed by atoms with Gasteiger partial charge in [-0.2, -0.15) is 0 Å². The van der Waals surface area contributed by atoms with Crippen LogP contribution in [0.2, 0.25) is 0 Å². The number of nitrogens with one attached hydrogen (secondary N) is 1. The van der Waals surface area contributed by atoms with Gasteiger partial charge in [0.25, 0.3) is 5.91 Å². The first-order valence-corrected chi connectivity index (χ1v) is 7.05. The zero-order valence-electron chi connectivity index (χ0n) is 13.2. The molecule has 1 heterocycles. The minimum Gasteiger partial charge on any atom is -0.466 e. The van der Waals surface area contributed by atoms with Crippen LogP contribution in [-0.4, -0.2) is 17.6 Å². The number of furan rings is 1. The lowest BCUT2D eigenvalue weighted by Gasteiger charge is -2.23. The van der Waals surface area contributed by atoms with Crippen LogP contribution in [0.5, 0.6) is 0 Å². The molecule has 22 heavy (non-hydrogen) atoms. The number of aliphatic hydroxyl groups is 1. The van der Waals surface area contributed by atoms with E-state index in [1.807, 2.05) is 0 Å². The number of aryl methyl sites for hydroxylation is 3. The maximum Gasteiger partial charge on any atom is 0.254 e. The lowest BCUT2D eigenvalue weighted by molar-refractivity contribution is 0.0513. The van der Waals surface area contributed by atoms with Crippen LogP contribution in [0.15, 0.2) is 28.7 Å². The molecule has 2 rings (SSSR count). The minimum atomic E-state index is -1.29. The van der Waals surface area contributed by atoms with Gasteiger partial charge in [-0.05, 0) is 45.4 Å². The first kappa shape index (κ1) is 16.2. The monoisotopic (exact) mass is 305 g/mol. The molecule has 0 aliphatic heterocycles. The summed E-state index contributed by atoms with van der Waals surface area (Å²) in [5.74, 6) is 0.177. The highest BCUT2D eigenvalue weighted by atomic mass is 19.1. The van der Waals surface area contributed by atoms with Gasteiger partial charge < -0.3 is 14.8 Å². The van der Waals surface area contributed by atoms with Crippen LogP contribution in [-0.2, 0) is 5.60 Å². The smallest absolute Gasteiger partial charge is 0.254 e. The number of benzene rings is 1. The van der Waals surface area contributed by atoms with E-state index >= 15 is 0 Å². The quantitative estimate of drug-likeness (QED) is 0.913. The van der Waals surface area contributed by atoms with Gasteiger partial charge in [0.15, 0.2) is 0 Å². The van der Waals surface area contributed by atoms with Gasteiger partial charge in [-0.15, -0.1) is 0 Å². The Kier molecular flexibility index (Phi) is 4.37. The number of carbonyl (C=O) groups is 1. The Bertz CT molecular complexity index is 704. The molecule has 1 aromatic heterocycles. The molecular formula is C17H20FNO3. The van der Waals surface area contributed by atoms with E-state index in [2.05, 4.69) is 5.32 Å². The van der Waals surface area contributed by atoms with Crippen molar-refractivity contribution in [3.63, 3.8) is 0 Å². The lowest BCUT2D eigenvalue weighted by atomic mass is 9.96. The van der Waals surface area contributed by atoms with Gasteiger partial charge in [0.2, 0.25) is 0 Å². The molecular weight excluding hydrogens is 285 g/mol. The zero-order chi connectivity index (χ0) is 16.5. The predicted molar refractivity (Wildman–Crippen MR) is 81.2 cm³/mol. The van der Waals surface area contributed by atoms with Gasteiger partial charge in [-0.3, -0.25) is 4.79 Å². The molecule has 1 aromatic carbocycles. The Morgan fingerprint density at radius 2 is 2.05 bits per heavy atom. The van der Waals surface area contributed by atoms with E-state index in [0.29, 0.717) is 22.6 Å². The average Bonchev–Trinajstić information content (AvgIpc) is 2.79. The maximum atomic E-state index is 13.9. The van der Waals surface area contributed by atoms with Crippen LogP contribution in [0.3, 0.4) is 0 Å². The normalized spacial score (nSPS) is 13.7. The number of hydrogen-bond acceptors (Lipinski definition) is 3. The van der Waals surface area contributed by atoms with E-state index in [1.165, 1.54) is 6.07 Å². The van der Waals surface area contributed by atoms with Crippen molar-refractivity contribution < 1.29 is 18.7 Å². The molecule has 0 fully saturated rings. The molecule has 4 nitrogen and oxygen atoms in total. The number of rotatable bonds is 4. The molecule has 2 aromatic rings. The first-order chi connectivity index (χ1) is 10.2. The van der Waals surface area contributed by atoms with Crippen LogP contribution in [0.4, 0.5) is 4.39 Å². The Morgan fingerprint density at radius 1 is 1.36 bits per heavy atom. The van der Waals surface area contributed by atoms with Gasteiger partial charge in [-0.1, -0.05) is 12.1 Å². The van der Waals surface area contributed by atoms with Crippen molar-refractivity contribution >= 4 is 5.91 Å². The standard InChI is InChI=1S/C17H20FNO3/c1-10-6-5-7-13(15(10)18)16(20)19-9-17(4,21)14-8-11(2)22-12(14)3/h5-8,21H,9H2,1-4H3,(H,19,20). The van der Waals surface area contributed by atoms with Crippen LogP contribution in [0, 0.1) is 26.6 Å². The van der Waals surface area contributed by atoms with Crippen molar-refractivity contribution in [1.29, 1.82) is 0 Å². The second-order valence-electron chi connectivity index (χ2n) is 5.72. The molecule has 118 valence electrons. The van der Waals surface area contributed by atoms with E-state index in [4.69, 9.17) is 4.42 Å². The molecule has 0 saturated carbocycles. The zero-order valence-corrected chi connectivity index (χ0v) is 13.2. The Balaban J connectivity index is 2.13. The summed E-state index contributed by atoms with van der Waals surface area (Å²) in [7, 11) is 0. The fourth-order valence-electron chi connectivity index (χ4n) is 2.43. The summed E-state index contributed by atoms with van der Waals surface area (Å²) in [5, 5.41) is 13.1. The van der Waals surface area contributed by atoms with Crippen molar-refractivity contribution in [2.75, 3.05) is 6.54 Å². The SMILES string of the molecule is Cc1cc(C(C)(O)CNC(=O)c2cccc(C)c2F)c(C)o1. The molecule has 0 aliphatic carbocycles. The van der Waals surface area contributed by atoms with Crippen molar-refractivity contribution in [1.82, 2.24) is 5.32 Å². The predicted octanol–water partition coefficient (Wildman–Crippen LogP) is 2.98. The van der Waals surface area contributed by atoms with Gasteiger partial charge in [0.1, 0.15) is 22.9 Å². The van der Waals surface area contributed by atoms with Crippen LogP contribution in [0.25, 0.3) is 0 Å². The Labute approximate surface area is 129 Å². The maximum absolute atomic E-state index is 13.9. The fraction of sp³-hybridized carbons (Fsp3) is 0.353. The number of amides is 1. The van der Waals surface area contributed by atoms with E-state index in [-0.39, 0.29) is 12.1 Å². The largest absolute Gasteiger partial charge is 0.466 e. The van der Waals surface area contributed by atoms with Crippen LogP contribution >= 0.6 is 0 Å². The summed E-state index contributed by atoms with van der Waals surface area (Å²) in [5.41, 5.74) is -0.315. The number of halogens is 1. The molecule has 1 atom stereocenters. The van der Waals surface area contributed by atoms with Crippen LogP contribution < -0.4 is 5.32 Å². The summed E-state index contributed by atoms with van der Waals surface area (Å²) < 4.78 is 19.3. The summed E-state index contributed by atoms with van der Waals surface area (Å²) in [6.07, 6.45) is 0. The summed E-state index contributed by atoms with van der Waals surface area (Å²) >= 11 is 0. The van der Waals surface area contributed by atoms with Crippen molar-refractivity contribution in [2.24, 2.45) is 0 Å². The second kappa shape index (κ2) is 5.93. The van der Waals surface area contributed by atoms with Gasteiger partial charge >= 0.3 is 0 Å². The molecule has 0 bridgehead atoms. The van der Waals surface area contributed by atoms with Gasteiger partial charge in [0, 0.05) is 5.56 Å². The molecule has 0 spiro atoms. The highest BCUT2D eigenvalue weighted by molar-refractivity contribution is 5.94. The highest BCUT2D eigenvalue weighted by Gasteiger charge is 2.28. The van der Waals surface area contributed by atoms with Crippen molar-refractivity contribution in [2.45, 2.75) is 33.3 Å². The molecule has 2 N–H and O–H groups in total. The third kappa shape index (κ3) is 3.20. The summed E-state index contributed by atoms with van der Waals surface area (Å²) in [4.78, 5) is 12.1. The van der Waals surface area contributed by atoms with E-state index in [9.17, 15) is 14.3 Å². The topological polar surface area (TPSA) is 62.5 Å². The molecule has 0 saturated heterocycles. The first-order valence-electron chi connectivity index (χ1n) is 7.05. The minimum absolute atomic E-state index is 0.0316. The fourth-order valence-corrected chi connectivity index (χ4v) is 2.43. The third-order valence-corrected chi connectivity index (χ3v) is 3.65. The molecule has 0 radical (unpaired) electrons. The molecule has 5 heteroatoms. The lowest BCUT2D eigenvalue weighted by Crippen LogP contribution is -2.39. The molecule has 1 unspecified atom stereocenters. The average molecular weight is 305 g/mol. The summed E-state index contributed by atoms with van der Waals surface area (Å²) in [6.45, 7) is 6.67. The summed E-state index contributed by atoms with van der Waals surface area (Å²) in [6, 6.07) is 6.36. The third-order valence-electron chi connectivity index (χ3n) is 3.65. The molecule has 0 aliphatic rings. The number of carbonyl (C=O) groups excluding carboxylic acids is 1. The van der Waals surface area contributed by atoms with E-state index in [0.717, 1.165) is 0 Å². The van der Waals surface area contributed by atoms with Gasteiger partial charge in [0.05, 0.1) is 12.1 Å². The molecule has 1 amide bonds. The Morgan fingerprint density at radius 3 is 2.64 bits per heavy atom. The highest BCUT2D eigenvalue weighted by Crippen LogP contribution is 2.26. The van der Waals surface area contributed by atoms with Gasteiger partial charge in [-0.25, -0.2) is 4.39 Å². The number of hydrogen-bond donors (Lipinski definition) is 2. The van der Waals surface area contributed by atoms with E-state index < -0.39 is 17.3 Å².